The van der Waals surface area contributed by atoms with Crippen LogP contribution in [-0.4, -0.2) is 0 Å². The molecule has 0 spiro atoms. The van der Waals surface area contributed by atoms with Crippen molar-refractivity contribution >= 4 is 49.8 Å². The third kappa shape index (κ3) is 5.62. The summed E-state index contributed by atoms with van der Waals surface area (Å²) in [6, 6.07) is 76.0. The van der Waals surface area contributed by atoms with Gasteiger partial charge in [0.1, 0.15) is 11.2 Å². The van der Waals surface area contributed by atoms with Crippen molar-refractivity contribution in [3.63, 3.8) is 0 Å². The van der Waals surface area contributed by atoms with E-state index in [1.807, 2.05) is 12.1 Å². The standard InChI is InChI=1S/C52H35NO/c1-4-14-36(15-5-1)37-26-30-43(31-27-37)53(48-22-12-10-20-44(48)38-16-6-2-7-17-38)49-32-28-42(34-46(49)39-18-8-3-9-19-39)41-25-24-40-29-33-51-52(47(40)35-41)45-21-11-13-23-50(45)54-51/h1-35H. The molecular weight excluding hydrogens is 655 g/mol. The SMILES string of the molecule is c1ccc(-c2ccc(N(c3ccccc3-c3ccccc3)c3ccc(-c4ccc5ccc6oc7ccccc7c6c5c4)cc3-c3ccccc3)cc2)cc1. The lowest BCUT2D eigenvalue weighted by Gasteiger charge is -2.30. The predicted molar refractivity (Wildman–Crippen MR) is 228 cm³/mol. The van der Waals surface area contributed by atoms with Gasteiger partial charge in [-0.05, 0) is 92.7 Å². The summed E-state index contributed by atoms with van der Waals surface area (Å²) >= 11 is 0. The number of fused-ring (bicyclic) bond motifs is 5. The second kappa shape index (κ2) is 13.4. The third-order valence-corrected chi connectivity index (χ3v) is 10.5. The number of rotatable bonds is 7. The van der Waals surface area contributed by atoms with E-state index in [9.17, 15) is 0 Å². The van der Waals surface area contributed by atoms with Crippen LogP contribution in [0.25, 0.3) is 77.2 Å². The van der Waals surface area contributed by atoms with Crippen LogP contribution in [0.3, 0.4) is 0 Å². The van der Waals surface area contributed by atoms with Crippen molar-refractivity contribution in [1.82, 2.24) is 0 Å². The summed E-state index contributed by atoms with van der Waals surface area (Å²) in [7, 11) is 0. The smallest absolute Gasteiger partial charge is 0.136 e. The van der Waals surface area contributed by atoms with Crippen molar-refractivity contribution < 1.29 is 4.42 Å². The first-order valence-electron chi connectivity index (χ1n) is 18.4. The van der Waals surface area contributed by atoms with E-state index in [0.717, 1.165) is 61.3 Å². The van der Waals surface area contributed by atoms with Crippen molar-refractivity contribution in [2.45, 2.75) is 0 Å². The number of anilines is 3. The zero-order valence-corrected chi connectivity index (χ0v) is 29.6. The summed E-state index contributed by atoms with van der Waals surface area (Å²) < 4.78 is 6.28. The van der Waals surface area contributed by atoms with Gasteiger partial charge < -0.3 is 9.32 Å². The zero-order chi connectivity index (χ0) is 35.8. The summed E-state index contributed by atoms with van der Waals surface area (Å²) in [6.07, 6.45) is 0. The monoisotopic (exact) mass is 689 g/mol. The lowest BCUT2D eigenvalue weighted by molar-refractivity contribution is 0.669. The molecule has 10 aromatic rings. The van der Waals surface area contributed by atoms with E-state index in [2.05, 4.69) is 205 Å². The van der Waals surface area contributed by atoms with Crippen LogP contribution in [0.5, 0.6) is 0 Å². The number of furan rings is 1. The molecular formula is C52H35NO. The maximum atomic E-state index is 6.28. The molecule has 0 unspecified atom stereocenters. The Balaban J connectivity index is 1.19. The van der Waals surface area contributed by atoms with Crippen molar-refractivity contribution in [3.05, 3.63) is 212 Å². The Morgan fingerprint density at radius 1 is 0.315 bits per heavy atom. The Kier molecular flexibility index (Phi) is 7.85. The molecule has 0 radical (unpaired) electrons. The van der Waals surface area contributed by atoms with E-state index in [1.54, 1.807) is 0 Å². The summed E-state index contributed by atoms with van der Waals surface area (Å²) in [5.41, 5.74) is 14.5. The molecule has 0 aliphatic rings. The van der Waals surface area contributed by atoms with Crippen molar-refractivity contribution in [3.8, 4) is 44.5 Å². The van der Waals surface area contributed by atoms with Gasteiger partial charge in [-0.1, -0.05) is 164 Å². The van der Waals surface area contributed by atoms with Crippen molar-refractivity contribution in [2.24, 2.45) is 0 Å². The van der Waals surface area contributed by atoms with Gasteiger partial charge in [-0.2, -0.15) is 0 Å². The van der Waals surface area contributed by atoms with Crippen LogP contribution in [0.1, 0.15) is 0 Å². The van der Waals surface area contributed by atoms with Gasteiger partial charge in [0.2, 0.25) is 0 Å². The molecule has 1 aromatic heterocycles. The van der Waals surface area contributed by atoms with Crippen LogP contribution in [0.2, 0.25) is 0 Å². The molecule has 0 aliphatic heterocycles. The summed E-state index contributed by atoms with van der Waals surface area (Å²) in [5.74, 6) is 0. The van der Waals surface area contributed by atoms with Gasteiger partial charge in [0, 0.05) is 27.6 Å². The highest BCUT2D eigenvalue weighted by Gasteiger charge is 2.21. The molecule has 0 bridgehead atoms. The highest BCUT2D eigenvalue weighted by molar-refractivity contribution is 6.19. The molecule has 9 aromatic carbocycles. The fraction of sp³-hybridized carbons (Fsp3) is 0. The molecule has 0 N–H and O–H groups in total. The quantitative estimate of drug-likeness (QED) is 0.166. The van der Waals surface area contributed by atoms with Crippen LogP contribution in [0, 0.1) is 0 Å². The zero-order valence-electron chi connectivity index (χ0n) is 29.6. The average Bonchev–Trinajstić information content (AvgIpc) is 3.64. The molecule has 0 atom stereocenters. The molecule has 0 amide bonds. The van der Waals surface area contributed by atoms with Gasteiger partial charge in [-0.3, -0.25) is 0 Å². The molecule has 0 fully saturated rings. The molecule has 0 saturated carbocycles. The summed E-state index contributed by atoms with van der Waals surface area (Å²) in [4.78, 5) is 2.42. The Morgan fingerprint density at radius 2 is 0.852 bits per heavy atom. The van der Waals surface area contributed by atoms with Gasteiger partial charge in [-0.25, -0.2) is 0 Å². The first-order valence-corrected chi connectivity index (χ1v) is 18.4. The number of nitrogens with zero attached hydrogens (tertiary/aromatic N) is 1. The third-order valence-electron chi connectivity index (χ3n) is 10.5. The molecule has 2 heteroatoms. The van der Waals surface area contributed by atoms with Gasteiger partial charge in [-0.15, -0.1) is 0 Å². The second-order valence-corrected chi connectivity index (χ2v) is 13.7. The van der Waals surface area contributed by atoms with E-state index in [0.29, 0.717) is 0 Å². The first-order chi connectivity index (χ1) is 26.8. The van der Waals surface area contributed by atoms with E-state index in [-0.39, 0.29) is 0 Å². The maximum Gasteiger partial charge on any atom is 0.136 e. The molecule has 0 saturated heterocycles. The van der Waals surface area contributed by atoms with Crippen LogP contribution in [0.15, 0.2) is 217 Å². The Hall–Kier alpha value is -7.16. The second-order valence-electron chi connectivity index (χ2n) is 13.7. The van der Waals surface area contributed by atoms with Crippen LogP contribution in [0.4, 0.5) is 17.1 Å². The van der Waals surface area contributed by atoms with E-state index in [1.165, 1.54) is 33.0 Å². The van der Waals surface area contributed by atoms with Crippen LogP contribution >= 0.6 is 0 Å². The highest BCUT2D eigenvalue weighted by Crippen LogP contribution is 2.46. The maximum absolute atomic E-state index is 6.28. The molecule has 1 heterocycles. The summed E-state index contributed by atoms with van der Waals surface area (Å²) in [6.45, 7) is 0. The minimum atomic E-state index is 0.909. The normalized spacial score (nSPS) is 11.3. The largest absolute Gasteiger partial charge is 0.456 e. The fourth-order valence-corrected chi connectivity index (χ4v) is 7.85. The molecule has 254 valence electrons. The number of hydrogen-bond acceptors (Lipinski definition) is 2. The lowest BCUT2D eigenvalue weighted by Crippen LogP contribution is -2.12. The lowest BCUT2D eigenvalue weighted by atomic mass is 9.93. The predicted octanol–water partition coefficient (Wildman–Crippen LogP) is 14.9. The van der Waals surface area contributed by atoms with Gasteiger partial charge >= 0.3 is 0 Å². The summed E-state index contributed by atoms with van der Waals surface area (Å²) in [5, 5.41) is 4.69. The number of benzene rings is 9. The molecule has 10 rings (SSSR count). The first kappa shape index (κ1) is 31.6. The van der Waals surface area contributed by atoms with Crippen molar-refractivity contribution in [2.75, 3.05) is 4.90 Å². The number of para-hydroxylation sites is 2. The average molecular weight is 690 g/mol. The van der Waals surface area contributed by atoms with Crippen LogP contribution in [-0.2, 0) is 0 Å². The topological polar surface area (TPSA) is 16.4 Å². The van der Waals surface area contributed by atoms with Gasteiger partial charge in [0.05, 0.1) is 11.4 Å². The Morgan fingerprint density at radius 3 is 1.61 bits per heavy atom. The van der Waals surface area contributed by atoms with Gasteiger partial charge in [0.25, 0.3) is 0 Å². The van der Waals surface area contributed by atoms with Crippen molar-refractivity contribution in [1.29, 1.82) is 0 Å². The minimum absolute atomic E-state index is 0.909. The van der Waals surface area contributed by atoms with Gasteiger partial charge in [0.15, 0.2) is 0 Å². The highest BCUT2D eigenvalue weighted by atomic mass is 16.3. The van der Waals surface area contributed by atoms with E-state index < -0.39 is 0 Å². The van der Waals surface area contributed by atoms with E-state index >= 15 is 0 Å². The molecule has 0 aliphatic carbocycles. The van der Waals surface area contributed by atoms with E-state index in [4.69, 9.17) is 4.42 Å². The Labute approximate surface area is 314 Å². The number of hydrogen-bond donors (Lipinski definition) is 0. The fourth-order valence-electron chi connectivity index (χ4n) is 7.85. The Bertz CT molecular complexity index is 2910. The molecule has 54 heavy (non-hydrogen) atoms. The van der Waals surface area contributed by atoms with Crippen LogP contribution < -0.4 is 4.90 Å². The minimum Gasteiger partial charge on any atom is -0.456 e. The molecule has 2 nitrogen and oxygen atoms in total.